The zero-order valence-corrected chi connectivity index (χ0v) is 23.2. The number of carbonyl (C=O) groups excluding carboxylic acids is 2. The van der Waals surface area contributed by atoms with E-state index in [0.29, 0.717) is 36.0 Å². The van der Waals surface area contributed by atoms with Crippen LogP contribution in [0, 0.1) is 6.92 Å². The number of hydrogen-bond donors (Lipinski definition) is 1. The second-order valence-corrected chi connectivity index (χ2v) is 9.24. The topological polar surface area (TPSA) is 79.3 Å². The first-order valence-electron chi connectivity index (χ1n) is 13.5. The van der Waals surface area contributed by atoms with Gasteiger partial charge in [0, 0.05) is 30.5 Å². The lowest BCUT2D eigenvalue weighted by Crippen LogP contribution is -2.30. The number of nitrogens with zero attached hydrogens (tertiary/aromatic N) is 2. The predicted octanol–water partition coefficient (Wildman–Crippen LogP) is 6.26. The number of hydrogen-bond acceptors (Lipinski definition) is 6. The van der Waals surface area contributed by atoms with Crippen molar-refractivity contribution in [2.45, 2.75) is 40.7 Å². The van der Waals surface area contributed by atoms with Gasteiger partial charge in [0.1, 0.15) is 17.3 Å². The van der Waals surface area contributed by atoms with Crippen LogP contribution in [0.1, 0.15) is 50.4 Å². The molecule has 1 unspecified atom stereocenters. The van der Waals surface area contributed by atoms with Crippen LogP contribution in [0.25, 0.3) is 5.76 Å². The molecule has 0 aromatic heterocycles. The van der Waals surface area contributed by atoms with E-state index in [1.807, 2.05) is 69.3 Å². The first-order chi connectivity index (χ1) is 18.9. The molecule has 1 saturated heterocycles. The van der Waals surface area contributed by atoms with Crippen molar-refractivity contribution in [1.29, 1.82) is 0 Å². The largest absolute Gasteiger partial charge is 0.507 e. The van der Waals surface area contributed by atoms with Crippen LogP contribution < -0.4 is 19.3 Å². The summed E-state index contributed by atoms with van der Waals surface area (Å²) in [5, 5.41) is 11.7. The molecular weight excluding hydrogens is 492 g/mol. The number of aryl methyl sites for hydroxylation is 1. The molecule has 7 nitrogen and oxygen atoms in total. The number of amides is 1. The van der Waals surface area contributed by atoms with Crippen LogP contribution in [0.2, 0.25) is 0 Å². The highest BCUT2D eigenvalue weighted by Crippen LogP contribution is 2.44. The molecule has 3 aromatic rings. The van der Waals surface area contributed by atoms with Gasteiger partial charge in [-0.25, -0.2) is 0 Å². The first kappa shape index (κ1) is 27.8. The first-order valence-corrected chi connectivity index (χ1v) is 13.5. The standard InChI is InChI=1S/C32H36N2O5/c1-6-33(7-2)22-14-16-23(17-15-22)34-29(25-13-11-10-12-21(25)5)28(31(36)32(34)37)30(35)26-19-18-24(38-8-3)20-27(26)39-9-4/h10-20,29,35H,6-9H2,1-5H3/b30-28+. The van der Waals surface area contributed by atoms with E-state index in [1.165, 1.54) is 4.90 Å². The van der Waals surface area contributed by atoms with Gasteiger partial charge in [0.15, 0.2) is 0 Å². The summed E-state index contributed by atoms with van der Waals surface area (Å²) >= 11 is 0. The van der Waals surface area contributed by atoms with Crippen molar-refractivity contribution in [3.8, 4) is 11.5 Å². The minimum atomic E-state index is -0.813. The second kappa shape index (κ2) is 12.1. The fourth-order valence-corrected chi connectivity index (χ4v) is 5.07. The maximum atomic E-state index is 13.6. The highest BCUT2D eigenvalue weighted by Gasteiger charge is 2.47. The van der Waals surface area contributed by atoms with E-state index in [2.05, 4.69) is 18.7 Å². The number of ether oxygens (including phenoxy) is 2. The van der Waals surface area contributed by atoms with Crippen molar-refractivity contribution < 1.29 is 24.2 Å². The Morgan fingerprint density at radius 3 is 2.18 bits per heavy atom. The number of aliphatic hydroxyl groups is 1. The molecule has 0 bridgehead atoms. The third kappa shape index (κ3) is 5.35. The van der Waals surface area contributed by atoms with Crippen molar-refractivity contribution in [2.24, 2.45) is 0 Å². The molecule has 39 heavy (non-hydrogen) atoms. The van der Waals surface area contributed by atoms with Gasteiger partial charge in [0.05, 0.1) is 30.4 Å². The Morgan fingerprint density at radius 1 is 0.897 bits per heavy atom. The summed E-state index contributed by atoms with van der Waals surface area (Å²) in [6.07, 6.45) is 0. The SMILES string of the molecule is CCOc1ccc(/C(O)=C2\C(=O)C(=O)N(c3ccc(N(CC)CC)cc3)C2c2ccccc2C)c(OCC)c1. The number of anilines is 2. The average Bonchev–Trinajstić information content (AvgIpc) is 3.20. The molecule has 0 aliphatic carbocycles. The smallest absolute Gasteiger partial charge is 0.300 e. The van der Waals surface area contributed by atoms with E-state index in [4.69, 9.17) is 9.47 Å². The molecular formula is C32H36N2O5. The molecule has 0 spiro atoms. The summed E-state index contributed by atoms with van der Waals surface area (Å²) in [5.41, 5.74) is 3.62. The van der Waals surface area contributed by atoms with E-state index in [1.54, 1.807) is 18.2 Å². The fourth-order valence-electron chi connectivity index (χ4n) is 5.07. The number of ketones is 1. The summed E-state index contributed by atoms with van der Waals surface area (Å²) in [5.74, 6) is -0.759. The molecule has 1 heterocycles. The quantitative estimate of drug-likeness (QED) is 0.190. The zero-order valence-electron chi connectivity index (χ0n) is 23.2. The molecule has 4 rings (SSSR count). The Labute approximate surface area is 230 Å². The Balaban J connectivity index is 1.91. The van der Waals surface area contributed by atoms with Gasteiger partial charge in [-0.1, -0.05) is 24.3 Å². The minimum absolute atomic E-state index is 0.0206. The molecule has 1 amide bonds. The predicted molar refractivity (Wildman–Crippen MR) is 155 cm³/mol. The maximum absolute atomic E-state index is 13.6. The Morgan fingerprint density at radius 2 is 1.56 bits per heavy atom. The molecule has 204 valence electrons. The van der Waals surface area contributed by atoms with Crippen molar-refractivity contribution in [1.82, 2.24) is 0 Å². The lowest BCUT2D eigenvalue weighted by molar-refractivity contribution is -0.132. The van der Waals surface area contributed by atoms with Crippen molar-refractivity contribution in [3.05, 3.63) is 89.0 Å². The highest BCUT2D eigenvalue weighted by molar-refractivity contribution is 6.51. The van der Waals surface area contributed by atoms with Crippen LogP contribution in [0.5, 0.6) is 11.5 Å². The monoisotopic (exact) mass is 528 g/mol. The van der Waals surface area contributed by atoms with Gasteiger partial charge in [0.25, 0.3) is 11.7 Å². The van der Waals surface area contributed by atoms with Crippen LogP contribution in [0.3, 0.4) is 0 Å². The van der Waals surface area contributed by atoms with Crippen LogP contribution >= 0.6 is 0 Å². The Hall–Kier alpha value is -4.26. The molecule has 1 N–H and O–H groups in total. The fraction of sp³-hybridized carbons (Fsp3) is 0.312. The summed E-state index contributed by atoms with van der Waals surface area (Å²) in [4.78, 5) is 30.9. The number of Topliss-reactive ketones (excluding diaryl/α,β-unsaturated/α-hetero) is 1. The molecule has 1 aliphatic rings. The summed E-state index contributed by atoms with van der Waals surface area (Å²) in [6.45, 7) is 12.4. The molecule has 7 heteroatoms. The molecule has 0 saturated carbocycles. The van der Waals surface area contributed by atoms with Crippen LogP contribution in [-0.4, -0.2) is 43.1 Å². The summed E-state index contributed by atoms with van der Waals surface area (Å²) < 4.78 is 11.4. The average molecular weight is 529 g/mol. The van der Waals surface area contributed by atoms with E-state index in [0.717, 1.165) is 29.9 Å². The van der Waals surface area contributed by atoms with Crippen LogP contribution in [0.4, 0.5) is 11.4 Å². The van der Waals surface area contributed by atoms with Crippen molar-refractivity contribution in [3.63, 3.8) is 0 Å². The van der Waals surface area contributed by atoms with Crippen molar-refractivity contribution in [2.75, 3.05) is 36.1 Å². The van der Waals surface area contributed by atoms with Gasteiger partial charge < -0.3 is 19.5 Å². The van der Waals surface area contributed by atoms with Gasteiger partial charge in [-0.3, -0.25) is 14.5 Å². The maximum Gasteiger partial charge on any atom is 0.300 e. The van der Waals surface area contributed by atoms with Gasteiger partial charge >= 0.3 is 0 Å². The van der Waals surface area contributed by atoms with Gasteiger partial charge in [0.2, 0.25) is 0 Å². The normalized spacial score (nSPS) is 16.4. The molecule has 0 radical (unpaired) electrons. The third-order valence-corrected chi connectivity index (χ3v) is 7.00. The van der Waals surface area contributed by atoms with Gasteiger partial charge in [-0.05, 0) is 82.1 Å². The molecule has 1 fully saturated rings. The number of rotatable bonds is 10. The van der Waals surface area contributed by atoms with Crippen LogP contribution in [-0.2, 0) is 9.59 Å². The molecule has 3 aromatic carbocycles. The van der Waals surface area contributed by atoms with E-state index in [-0.39, 0.29) is 11.3 Å². The van der Waals surface area contributed by atoms with E-state index < -0.39 is 17.7 Å². The third-order valence-electron chi connectivity index (χ3n) is 7.00. The minimum Gasteiger partial charge on any atom is -0.507 e. The zero-order chi connectivity index (χ0) is 28.1. The summed E-state index contributed by atoms with van der Waals surface area (Å²) in [7, 11) is 0. The lowest BCUT2D eigenvalue weighted by atomic mass is 9.92. The van der Waals surface area contributed by atoms with E-state index >= 15 is 0 Å². The number of benzene rings is 3. The molecule has 1 atom stereocenters. The van der Waals surface area contributed by atoms with Crippen molar-refractivity contribution >= 4 is 28.8 Å². The lowest BCUT2D eigenvalue weighted by Gasteiger charge is -2.28. The Bertz CT molecular complexity index is 1380. The summed E-state index contributed by atoms with van der Waals surface area (Å²) in [6, 6.07) is 19.5. The Kier molecular flexibility index (Phi) is 8.59. The second-order valence-electron chi connectivity index (χ2n) is 9.24. The van der Waals surface area contributed by atoms with Gasteiger partial charge in [-0.2, -0.15) is 0 Å². The number of carbonyl (C=O) groups is 2. The van der Waals surface area contributed by atoms with E-state index in [9.17, 15) is 14.7 Å². The highest BCUT2D eigenvalue weighted by atomic mass is 16.5. The molecule has 1 aliphatic heterocycles. The van der Waals surface area contributed by atoms with Gasteiger partial charge in [-0.15, -0.1) is 0 Å². The van der Waals surface area contributed by atoms with Crippen LogP contribution in [0.15, 0.2) is 72.3 Å². The number of aliphatic hydroxyl groups excluding tert-OH is 1.